The van der Waals surface area contributed by atoms with E-state index in [1.807, 2.05) is 23.9 Å². The van der Waals surface area contributed by atoms with Crippen LogP contribution in [0.5, 0.6) is 5.75 Å². The summed E-state index contributed by atoms with van der Waals surface area (Å²) in [6, 6.07) is 5.34. The van der Waals surface area contributed by atoms with Gasteiger partial charge in [0.1, 0.15) is 5.75 Å². The molecule has 0 atom stereocenters. The summed E-state index contributed by atoms with van der Waals surface area (Å²) in [6.07, 6.45) is 2.88. The van der Waals surface area contributed by atoms with Crippen LogP contribution in [-0.4, -0.2) is 32.6 Å². The topological polar surface area (TPSA) is 90.4 Å². The largest absolute Gasteiger partial charge is 0.491 e. The van der Waals surface area contributed by atoms with Crippen molar-refractivity contribution in [3.8, 4) is 5.75 Å². The summed E-state index contributed by atoms with van der Waals surface area (Å²) in [7, 11) is 0. The molecule has 3 rings (SSSR count). The standard InChI is InChI=1S/C17H18ClN3O4/c1-2-21-7-5-11(19-21)6-8-24-16-10-15-12(9-13(16)18)14(20-25-15)3-4-17(22)23/h5,7,9-10H,2-4,6,8H2,1H3,(H,22,23). The zero-order chi connectivity index (χ0) is 17.8. The Morgan fingerprint density at radius 2 is 2.24 bits per heavy atom. The Hall–Kier alpha value is -2.54. The zero-order valence-corrected chi connectivity index (χ0v) is 14.5. The predicted molar refractivity (Wildman–Crippen MR) is 92.1 cm³/mol. The molecule has 2 aromatic heterocycles. The van der Waals surface area contributed by atoms with Crippen LogP contribution in [0, 0.1) is 0 Å². The number of carboxylic acids is 1. The summed E-state index contributed by atoms with van der Waals surface area (Å²) in [5, 5.41) is 18.2. The summed E-state index contributed by atoms with van der Waals surface area (Å²) < 4.78 is 12.9. The SMILES string of the molecule is CCn1ccc(CCOc2cc3onc(CCC(=O)O)c3cc2Cl)n1. The fraction of sp³-hybridized carbons (Fsp3) is 0.353. The van der Waals surface area contributed by atoms with Crippen LogP contribution in [0.2, 0.25) is 5.02 Å². The van der Waals surface area contributed by atoms with E-state index in [1.54, 1.807) is 12.1 Å². The van der Waals surface area contributed by atoms with Crippen LogP contribution in [0.25, 0.3) is 11.0 Å². The number of rotatable bonds is 8. The summed E-state index contributed by atoms with van der Waals surface area (Å²) in [4.78, 5) is 10.7. The molecule has 0 saturated heterocycles. The van der Waals surface area contributed by atoms with Crippen LogP contribution in [0.1, 0.15) is 24.7 Å². The monoisotopic (exact) mass is 363 g/mol. The maximum atomic E-state index is 10.7. The van der Waals surface area contributed by atoms with Crippen LogP contribution in [0.4, 0.5) is 0 Å². The number of carbonyl (C=O) groups is 1. The van der Waals surface area contributed by atoms with Crippen molar-refractivity contribution in [2.75, 3.05) is 6.61 Å². The van der Waals surface area contributed by atoms with Gasteiger partial charge in [-0.2, -0.15) is 5.10 Å². The fourth-order valence-corrected chi connectivity index (χ4v) is 2.70. The number of fused-ring (bicyclic) bond motifs is 1. The van der Waals surface area contributed by atoms with Crippen molar-refractivity contribution in [2.45, 2.75) is 32.7 Å². The lowest BCUT2D eigenvalue weighted by Gasteiger charge is -2.07. The molecule has 0 spiro atoms. The second-order valence-corrected chi connectivity index (χ2v) is 5.97. The van der Waals surface area contributed by atoms with Gasteiger partial charge in [-0.3, -0.25) is 9.48 Å². The average Bonchev–Trinajstić information content (AvgIpc) is 3.20. The van der Waals surface area contributed by atoms with Gasteiger partial charge in [0.15, 0.2) is 5.58 Å². The number of hydrogen-bond donors (Lipinski definition) is 1. The molecule has 0 amide bonds. The summed E-state index contributed by atoms with van der Waals surface area (Å²) >= 11 is 6.27. The molecule has 1 aromatic carbocycles. The highest BCUT2D eigenvalue weighted by molar-refractivity contribution is 6.32. The highest BCUT2D eigenvalue weighted by atomic mass is 35.5. The van der Waals surface area contributed by atoms with Gasteiger partial charge in [0.05, 0.1) is 29.4 Å². The third-order valence-electron chi connectivity index (χ3n) is 3.81. The molecule has 8 heteroatoms. The van der Waals surface area contributed by atoms with Gasteiger partial charge in [-0.25, -0.2) is 0 Å². The molecule has 0 aliphatic carbocycles. The third kappa shape index (κ3) is 4.11. The number of aromatic nitrogens is 3. The lowest BCUT2D eigenvalue weighted by Crippen LogP contribution is -2.03. The van der Waals surface area contributed by atoms with Gasteiger partial charge in [0.2, 0.25) is 0 Å². The van der Waals surface area contributed by atoms with Gasteiger partial charge in [-0.05, 0) is 19.1 Å². The highest BCUT2D eigenvalue weighted by Gasteiger charge is 2.14. The first-order valence-electron chi connectivity index (χ1n) is 8.01. The Morgan fingerprint density at radius 3 is 2.96 bits per heavy atom. The number of halogens is 1. The Morgan fingerprint density at radius 1 is 1.40 bits per heavy atom. The van der Waals surface area contributed by atoms with E-state index in [-0.39, 0.29) is 6.42 Å². The van der Waals surface area contributed by atoms with Crippen LogP contribution >= 0.6 is 11.6 Å². The van der Waals surface area contributed by atoms with Gasteiger partial charge in [-0.15, -0.1) is 0 Å². The van der Waals surface area contributed by atoms with E-state index in [9.17, 15) is 4.79 Å². The van der Waals surface area contributed by atoms with Crippen LogP contribution in [0.15, 0.2) is 28.9 Å². The van der Waals surface area contributed by atoms with Crippen molar-refractivity contribution < 1.29 is 19.2 Å². The third-order valence-corrected chi connectivity index (χ3v) is 4.11. The average molecular weight is 364 g/mol. The first kappa shape index (κ1) is 17.3. The van der Waals surface area contributed by atoms with E-state index in [0.717, 1.165) is 12.2 Å². The summed E-state index contributed by atoms with van der Waals surface area (Å²) in [6.45, 7) is 3.30. The van der Waals surface area contributed by atoms with Gasteiger partial charge < -0.3 is 14.4 Å². The molecule has 1 N–H and O–H groups in total. The van der Waals surface area contributed by atoms with Crippen molar-refractivity contribution in [3.63, 3.8) is 0 Å². The molecule has 0 bridgehead atoms. The molecule has 132 valence electrons. The smallest absolute Gasteiger partial charge is 0.303 e. The molecule has 3 aromatic rings. The molecule has 25 heavy (non-hydrogen) atoms. The van der Waals surface area contributed by atoms with Gasteiger partial charge in [-0.1, -0.05) is 16.8 Å². The Kier molecular flexibility index (Phi) is 5.23. The quantitative estimate of drug-likeness (QED) is 0.660. The Bertz CT molecular complexity index is 887. The van der Waals surface area contributed by atoms with Gasteiger partial charge in [0, 0.05) is 37.0 Å². The molecule has 2 heterocycles. The molecule has 0 unspecified atom stereocenters. The number of hydrogen-bond acceptors (Lipinski definition) is 5. The van der Waals surface area contributed by atoms with Crippen molar-refractivity contribution in [1.82, 2.24) is 14.9 Å². The number of carboxylic acid groups (broad SMARTS) is 1. The lowest BCUT2D eigenvalue weighted by atomic mass is 10.1. The zero-order valence-electron chi connectivity index (χ0n) is 13.7. The van der Waals surface area contributed by atoms with E-state index in [2.05, 4.69) is 10.3 Å². The van der Waals surface area contributed by atoms with Crippen molar-refractivity contribution in [1.29, 1.82) is 0 Å². The lowest BCUT2D eigenvalue weighted by molar-refractivity contribution is -0.136. The summed E-state index contributed by atoms with van der Waals surface area (Å²) in [5.41, 5.74) is 2.06. The van der Waals surface area contributed by atoms with Crippen LogP contribution < -0.4 is 4.74 Å². The normalized spacial score (nSPS) is 11.1. The van der Waals surface area contributed by atoms with Crippen LogP contribution in [0.3, 0.4) is 0 Å². The first-order chi connectivity index (χ1) is 12.1. The van der Waals surface area contributed by atoms with E-state index < -0.39 is 5.97 Å². The Labute approximate surface area is 149 Å². The maximum Gasteiger partial charge on any atom is 0.303 e. The molecular weight excluding hydrogens is 346 g/mol. The number of ether oxygens (including phenoxy) is 1. The molecule has 0 saturated carbocycles. The molecule has 0 aliphatic heterocycles. The number of nitrogens with zero attached hydrogens (tertiary/aromatic N) is 3. The highest BCUT2D eigenvalue weighted by Crippen LogP contribution is 2.32. The van der Waals surface area contributed by atoms with E-state index in [0.29, 0.717) is 46.9 Å². The van der Waals surface area contributed by atoms with E-state index >= 15 is 0 Å². The minimum absolute atomic E-state index is 0.0120. The van der Waals surface area contributed by atoms with Crippen molar-refractivity contribution in [3.05, 3.63) is 40.8 Å². The fourth-order valence-electron chi connectivity index (χ4n) is 2.48. The molecule has 0 fully saturated rings. The second-order valence-electron chi connectivity index (χ2n) is 5.56. The van der Waals surface area contributed by atoms with Crippen LogP contribution in [-0.2, 0) is 24.2 Å². The molecule has 0 aliphatic rings. The summed E-state index contributed by atoms with van der Waals surface area (Å²) in [5.74, 6) is -0.377. The van der Waals surface area contributed by atoms with E-state index in [4.69, 9.17) is 26.0 Å². The molecular formula is C17H18ClN3O4. The molecule has 7 nitrogen and oxygen atoms in total. The number of aryl methyl sites for hydroxylation is 2. The molecule has 0 radical (unpaired) electrons. The first-order valence-corrected chi connectivity index (χ1v) is 8.39. The Balaban J connectivity index is 1.67. The van der Waals surface area contributed by atoms with Gasteiger partial charge in [0.25, 0.3) is 0 Å². The number of benzene rings is 1. The second kappa shape index (κ2) is 7.57. The predicted octanol–water partition coefficient (Wildman–Crippen LogP) is 3.34. The maximum absolute atomic E-state index is 10.7. The van der Waals surface area contributed by atoms with Gasteiger partial charge >= 0.3 is 5.97 Å². The minimum atomic E-state index is -0.882. The van der Waals surface area contributed by atoms with E-state index in [1.165, 1.54) is 0 Å². The number of aliphatic carboxylic acids is 1. The minimum Gasteiger partial charge on any atom is -0.491 e. The van der Waals surface area contributed by atoms with Crippen molar-refractivity contribution in [2.24, 2.45) is 0 Å². The van der Waals surface area contributed by atoms with Crippen molar-refractivity contribution >= 4 is 28.5 Å².